The first-order valence-corrected chi connectivity index (χ1v) is 8.04. The van der Waals surface area contributed by atoms with Crippen LogP contribution in [-0.2, 0) is 0 Å². The summed E-state index contributed by atoms with van der Waals surface area (Å²) in [6, 6.07) is 8.08. The molecule has 1 N–H and O–H groups in total. The van der Waals surface area contributed by atoms with Crippen LogP contribution in [0, 0.1) is 6.92 Å². The Morgan fingerprint density at radius 2 is 2.24 bits per heavy atom. The van der Waals surface area contributed by atoms with Gasteiger partial charge in [0.15, 0.2) is 5.16 Å². The molecular weight excluding hydrogens is 286 g/mol. The SMILES string of the molecule is COc1cccc([C@H](O)CSc2nnc(C)n2C2CC2)c1. The number of ether oxygens (including phenoxy) is 1. The van der Waals surface area contributed by atoms with Gasteiger partial charge in [0.2, 0.25) is 0 Å². The van der Waals surface area contributed by atoms with E-state index >= 15 is 0 Å². The normalized spacial score (nSPS) is 16.0. The van der Waals surface area contributed by atoms with Crippen molar-refractivity contribution in [3.8, 4) is 5.75 Å². The molecule has 0 bridgehead atoms. The smallest absolute Gasteiger partial charge is 0.191 e. The molecular formula is C15H19N3O2S. The highest BCUT2D eigenvalue weighted by molar-refractivity contribution is 7.99. The number of hydrogen-bond acceptors (Lipinski definition) is 5. The highest BCUT2D eigenvalue weighted by atomic mass is 32.2. The third kappa shape index (κ3) is 3.22. The number of aliphatic hydroxyl groups is 1. The molecule has 1 aromatic carbocycles. The van der Waals surface area contributed by atoms with Crippen LogP contribution in [0.3, 0.4) is 0 Å². The predicted molar refractivity (Wildman–Crippen MR) is 81.7 cm³/mol. The predicted octanol–water partition coefficient (Wildman–Crippen LogP) is 2.76. The van der Waals surface area contributed by atoms with Crippen LogP contribution in [0.25, 0.3) is 0 Å². The fourth-order valence-corrected chi connectivity index (χ4v) is 3.32. The largest absolute Gasteiger partial charge is 0.497 e. The Kier molecular flexibility index (Phi) is 4.17. The summed E-state index contributed by atoms with van der Waals surface area (Å²) in [4.78, 5) is 0. The number of aryl methyl sites for hydroxylation is 1. The van der Waals surface area contributed by atoms with E-state index in [-0.39, 0.29) is 0 Å². The van der Waals surface area contributed by atoms with Crippen LogP contribution in [0.4, 0.5) is 0 Å². The third-order valence-corrected chi connectivity index (χ3v) is 4.61. The summed E-state index contributed by atoms with van der Waals surface area (Å²) in [6.45, 7) is 1.98. The molecule has 2 aromatic rings. The van der Waals surface area contributed by atoms with Gasteiger partial charge >= 0.3 is 0 Å². The summed E-state index contributed by atoms with van der Waals surface area (Å²) < 4.78 is 7.37. The summed E-state index contributed by atoms with van der Waals surface area (Å²) >= 11 is 1.55. The van der Waals surface area contributed by atoms with Crippen molar-refractivity contribution in [2.75, 3.05) is 12.9 Å². The van der Waals surface area contributed by atoms with Crippen molar-refractivity contribution >= 4 is 11.8 Å². The topological polar surface area (TPSA) is 60.2 Å². The van der Waals surface area contributed by atoms with Gasteiger partial charge in [0.25, 0.3) is 0 Å². The summed E-state index contributed by atoms with van der Waals surface area (Å²) in [6.07, 6.45) is 1.85. The first-order valence-electron chi connectivity index (χ1n) is 7.05. The van der Waals surface area contributed by atoms with Crippen LogP contribution < -0.4 is 4.74 Å². The van der Waals surface area contributed by atoms with Gasteiger partial charge in [-0.3, -0.25) is 0 Å². The maximum absolute atomic E-state index is 10.3. The molecule has 0 saturated heterocycles. The molecule has 0 radical (unpaired) electrons. The Balaban J connectivity index is 1.67. The van der Waals surface area contributed by atoms with E-state index in [2.05, 4.69) is 14.8 Å². The zero-order valence-electron chi connectivity index (χ0n) is 12.2. The standard InChI is InChI=1S/C15H19N3O2S/c1-10-16-17-15(18(10)12-6-7-12)21-9-14(19)11-4-3-5-13(8-11)20-2/h3-5,8,12,14,19H,6-7,9H2,1-2H3/t14-/m1/s1. The van der Waals surface area contributed by atoms with Crippen molar-refractivity contribution in [3.05, 3.63) is 35.7 Å². The minimum absolute atomic E-state index is 0.547. The van der Waals surface area contributed by atoms with Gasteiger partial charge in [-0.15, -0.1) is 10.2 Å². The average molecular weight is 305 g/mol. The van der Waals surface area contributed by atoms with E-state index in [0.717, 1.165) is 22.3 Å². The lowest BCUT2D eigenvalue weighted by Gasteiger charge is -2.12. The Hall–Kier alpha value is -1.53. The molecule has 1 atom stereocenters. The number of methoxy groups -OCH3 is 1. The molecule has 1 heterocycles. The van der Waals surface area contributed by atoms with Gasteiger partial charge in [-0.05, 0) is 37.5 Å². The van der Waals surface area contributed by atoms with Crippen molar-refractivity contribution in [2.45, 2.75) is 37.1 Å². The maximum Gasteiger partial charge on any atom is 0.191 e. The second kappa shape index (κ2) is 6.07. The molecule has 21 heavy (non-hydrogen) atoms. The van der Waals surface area contributed by atoms with Crippen molar-refractivity contribution < 1.29 is 9.84 Å². The highest BCUT2D eigenvalue weighted by Gasteiger charge is 2.28. The van der Waals surface area contributed by atoms with Crippen molar-refractivity contribution in [1.29, 1.82) is 0 Å². The molecule has 1 aromatic heterocycles. The summed E-state index contributed by atoms with van der Waals surface area (Å²) in [7, 11) is 1.63. The Morgan fingerprint density at radius 3 is 2.95 bits per heavy atom. The molecule has 0 amide bonds. The van der Waals surface area contributed by atoms with Gasteiger partial charge in [-0.25, -0.2) is 0 Å². The van der Waals surface area contributed by atoms with E-state index < -0.39 is 6.10 Å². The molecule has 3 rings (SSSR count). The van der Waals surface area contributed by atoms with Crippen molar-refractivity contribution in [2.24, 2.45) is 0 Å². The maximum atomic E-state index is 10.3. The summed E-state index contributed by atoms with van der Waals surface area (Å²) in [5.74, 6) is 2.27. The number of rotatable bonds is 6. The second-order valence-corrected chi connectivity index (χ2v) is 6.22. The van der Waals surface area contributed by atoms with Gasteiger partial charge < -0.3 is 14.4 Å². The number of thioether (sulfide) groups is 1. The third-order valence-electron chi connectivity index (χ3n) is 3.60. The van der Waals surface area contributed by atoms with Crippen LogP contribution in [0.2, 0.25) is 0 Å². The van der Waals surface area contributed by atoms with Crippen molar-refractivity contribution in [1.82, 2.24) is 14.8 Å². The number of aromatic nitrogens is 3. The lowest BCUT2D eigenvalue weighted by atomic mass is 10.1. The van der Waals surface area contributed by atoms with Gasteiger partial charge in [0.05, 0.1) is 13.2 Å². The Labute approximate surface area is 128 Å². The van der Waals surface area contributed by atoms with E-state index in [1.807, 2.05) is 31.2 Å². The zero-order valence-corrected chi connectivity index (χ0v) is 13.0. The first kappa shape index (κ1) is 14.4. The fraction of sp³-hybridized carbons (Fsp3) is 0.467. The zero-order chi connectivity index (χ0) is 14.8. The van der Waals surface area contributed by atoms with Crippen molar-refractivity contribution in [3.63, 3.8) is 0 Å². The van der Waals surface area contributed by atoms with E-state index in [0.29, 0.717) is 11.8 Å². The van der Waals surface area contributed by atoms with Crippen LogP contribution in [0.5, 0.6) is 5.75 Å². The van der Waals surface area contributed by atoms with Gasteiger partial charge in [0.1, 0.15) is 11.6 Å². The second-order valence-electron chi connectivity index (χ2n) is 5.23. The number of benzene rings is 1. The van der Waals surface area contributed by atoms with Crippen LogP contribution in [-0.4, -0.2) is 32.7 Å². The van der Waals surface area contributed by atoms with Crippen LogP contribution in [0.1, 0.15) is 36.4 Å². The minimum Gasteiger partial charge on any atom is -0.497 e. The molecule has 0 unspecified atom stereocenters. The van der Waals surface area contributed by atoms with Crippen LogP contribution >= 0.6 is 11.8 Å². The van der Waals surface area contributed by atoms with E-state index in [1.165, 1.54) is 12.8 Å². The van der Waals surface area contributed by atoms with Gasteiger partial charge in [0, 0.05) is 11.8 Å². The monoisotopic (exact) mass is 305 g/mol. The molecule has 0 spiro atoms. The Bertz CT molecular complexity index is 625. The fourth-order valence-electron chi connectivity index (χ4n) is 2.30. The van der Waals surface area contributed by atoms with Crippen LogP contribution in [0.15, 0.2) is 29.4 Å². The molecule has 5 nitrogen and oxygen atoms in total. The van der Waals surface area contributed by atoms with Gasteiger partial charge in [-0.2, -0.15) is 0 Å². The Morgan fingerprint density at radius 1 is 1.43 bits per heavy atom. The first-order chi connectivity index (χ1) is 10.2. The van der Waals surface area contributed by atoms with E-state index in [1.54, 1.807) is 18.9 Å². The number of hydrogen-bond donors (Lipinski definition) is 1. The lowest BCUT2D eigenvalue weighted by molar-refractivity contribution is 0.203. The quantitative estimate of drug-likeness (QED) is 0.832. The molecule has 0 aliphatic heterocycles. The molecule has 6 heteroatoms. The molecule has 1 aliphatic rings. The van der Waals surface area contributed by atoms with E-state index in [4.69, 9.17) is 4.74 Å². The molecule has 1 aliphatic carbocycles. The molecule has 1 fully saturated rings. The van der Waals surface area contributed by atoms with E-state index in [9.17, 15) is 5.11 Å². The minimum atomic E-state index is -0.547. The highest BCUT2D eigenvalue weighted by Crippen LogP contribution is 2.39. The number of aliphatic hydroxyl groups excluding tert-OH is 1. The van der Waals surface area contributed by atoms with Gasteiger partial charge in [-0.1, -0.05) is 23.9 Å². The summed E-state index contributed by atoms with van der Waals surface area (Å²) in [5, 5.41) is 19.6. The lowest BCUT2D eigenvalue weighted by Crippen LogP contribution is -2.04. The molecule has 1 saturated carbocycles. The molecule has 112 valence electrons. The average Bonchev–Trinajstić information content (AvgIpc) is 3.28. The number of nitrogens with zero attached hydrogens (tertiary/aromatic N) is 3. The summed E-state index contributed by atoms with van der Waals surface area (Å²) in [5.41, 5.74) is 0.857.